The van der Waals surface area contributed by atoms with Crippen molar-refractivity contribution in [3.63, 3.8) is 0 Å². The number of carbonyl (C=O) groups excluding carboxylic acids is 1. The quantitative estimate of drug-likeness (QED) is 0.830. The van der Waals surface area contributed by atoms with Crippen LogP contribution >= 0.6 is 15.9 Å². The van der Waals surface area contributed by atoms with Gasteiger partial charge in [-0.2, -0.15) is 4.39 Å². The summed E-state index contributed by atoms with van der Waals surface area (Å²) >= 11 is 3.48. The second-order valence-electron chi connectivity index (χ2n) is 5.08. The van der Waals surface area contributed by atoms with Gasteiger partial charge in [-0.05, 0) is 30.7 Å². The molecule has 2 heterocycles. The van der Waals surface area contributed by atoms with Crippen molar-refractivity contribution >= 4 is 21.8 Å². The van der Waals surface area contributed by atoms with E-state index in [2.05, 4.69) is 26.2 Å². The lowest BCUT2D eigenvalue weighted by Gasteiger charge is -2.22. The smallest absolute Gasteiger partial charge is 0.251 e. The fourth-order valence-corrected chi connectivity index (χ4v) is 2.98. The molecule has 1 atom stereocenters. The highest BCUT2D eigenvalue weighted by Crippen LogP contribution is 2.37. The third-order valence-corrected chi connectivity index (χ3v) is 4.15. The molecular weight excluding hydrogens is 367 g/mol. The zero-order valence-electron chi connectivity index (χ0n) is 12.3. The molecule has 0 fully saturated rings. The van der Waals surface area contributed by atoms with Gasteiger partial charge in [0, 0.05) is 22.3 Å². The molecule has 5 nitrogen and oxygen atoms in total. The van der Waals surface area contributed by atoms with Gasteiger partial charge in [-0.3, -0.25) is 4.79 Å². The van der Waals surface area contributed by atoms with Crippen molar-refractivity contribution in [3.8, 4) is 11.5 Å². The lowest BCUT2D eigenvalue weighted by molar-refractivity contribution is 0.0939. The Morgan fingerprint density at radius 1 is 1.30 bits per heavy atom. The number of benzene rings is 1. The Labute approximate surface area is 140 Å². The zero-order valence-corrected chi connectivity index (χ0v) is 13.9. The summed E-state index contributed by atoms with van der Waals surface area (Å²) in [7, 11) is 0. The standard InChI is InChI=1S/C16H14BrFN2O3/c1-9(20-16(21)10-2-3-19-15(18)6-10)11-7-13-14(8-12(11)17)23-5-4-22-13/h2-3,6-9H,4-5H2,1H3,(H,20,21). The molecule has 1 amide bonds. The Morgan fingerprint density at radius 3 is 2.70 bits per heavy atom. The van der Waals surface area contributed by atoms with E-state index < -0.39 is 5.95 Å². The molecule has 23 heavy (non-hydrogen) atoms. The molecule has 120 valence electrons. The predicted molar refractivity (Wildman–Crippen MR) is 85.2 cm³/mol. The lowest BCUT2D eigenvalue weighted by Crippen LogP contribution is -2.27. The number of carbonyl (C=O) groups is 1. The summed E-state index contributed by atoms with van der Waals surface area (Å²) in [6.07, 6.45) is 1.26. The molecule has 1 aromatic carbocycles. The highest BCUT2D eigenvalue weighted by Gasteiger charge is 2.19. The largest absolute Gasteiger partial charge is 0.486 e. The van der Waals surface area contributed by atoms with E-state index in [-0.39, 0.29) is 17.5 Å². The van der Waals surface area contributed by atoms with E-state index in [1.807, 2.05) is 19.1 Å². The summed E-state index contributed by atoms with van der Waals surface area (Å²) in [6, 6.07) is 5.91. The van der Waals surface area contributed by atoms with E-state index >= 15 is 0 Å². The number of hydrogen-bond acceptors (Lipinski definition) is 4. The van der Waals surface area contributed by atoms with Crippen molar-refractivity contribution in [1.82, 2.24) is 10.3 Å². The van der Waals surface area contributed by atoms with E-state index in [1.54, 1.807) is 0 Å². The van der Waals surface area contributed by atoms with Gasteiger partial charge in [0.2, 0.25) is 5.95 Å². The highest BCUT2D eigenvalue weighted by molar-refractivity contribution is 9.10. The van der Waals surface area contributed by atoms with Crippen LogP contribution in [0.1, 0.15) is 28.9 Å². The van der Waals surface area contributed by atoms with Crippen LogP contribution in [0.2, 0.25) is 0 Å². The summed E-state index contributed by atoms with van der Waals surface area (Å²) in [6.45, 7) is 2.84. The highest BCUT2D eigenvalue weighted by atomic mass is 79.9. The van der Waals surface area contributed by atoms with Crippen LogP contribution in [0, 0.1) is 5.95 Å². The zero-order chi connectivity index (χ0) is 16.4. The summed E-state index contributed by atoms with van der Waals surface area (Å²) < 4.78 is 25.0. The molecule has 0 saturated heterocycles. The van der Waals surface area contributed by atoms with E-state index in [1.165, 1.54) is 12.3 Å². The minimum atomic E-state index is -0.689. The molecule has 2 aromatic rings. The van der Waals surface area contributed by atoms with Crippen LogP contribution in [0.3, 0.4) is 0 Å². The number of nitrogens with zero attached hydrogens (tertiary/aromatic N) is 1. The van der Waals surface area contributed by atoms with Gasteiger partial charge in [-0.25, -0.2) is 4.98 Å². The Balaban J connectivity index is 1.80. The molecule has 0 radical (unpaired) electrons. The molecule has 0 saturated carbocycles. The lowest BCUT2D eigenvalue weighted by atomic mass is 10.1. The number of halogens is 2. The molecule has 1 aliphatic rings. The molecule has 1 aliphatic heterocycles. The second kappa shape index (κ2) is 6.54. The third kappa shape index (κ3) is 3.44. The molecule has 3 rings (SSSR count). The molecule has 7 heteroatoms. The molecule has 0 bridgehead atoms. The minimum absolute atomic E-state index is 0.220. The van der Waals surface area contributed by atoms with Crippen LogP contribution in [0.25, 0.3) is 0 Å². The number of aromatic nitrogens is 1. The monoisotopic (exact) mass is 380 g/mol. The summed E-state index contributed by atoms with van der Waals surface area (Å²) in [5.41, 5.74) is 1.06. The first-order chi connectivity index (χ1) is 11.0. The summed E-state index contributed by atoms with van der Waals surface area (Å²) in [5, 5.41) is 2.83. The topological polar surface area (TPSA) is 60.5 Å². The van der Waals surface area contributed by atoms with Gasteiger partial charge in [0.15, 0.2) is 11.5 Å². The van der Waals surface area contributed by atoms with Crippen molar-refractivity contribution in [3.05, 3.63) is 52.0 Å². The molecule has 1 N–H and O–H groups in total. The molecular formula is C16H14BrFN2O3. The van der Waals surface area contributed by atoms with Crippen LogP contribution in [0.5, 0.6) is 11.5 Å². The summed E-state index contributed by atoms with van der Waals surface area (Å²) in [4.78, 5) is 15.6. The van der Waals surface area contributed by atoms with Gasteiger partial charge in [0.05, 0.1) is 6.04 Å². The van der Waals surface area contributed by atoms with Gasteiger partial charge < -0.3 is 14.8 Å². The molecule has 1 aromatic heterocycles. The van der Waals surface area contributed by atoms with E-state index in [0.717, 1.165) is 16.1 Å². The first-order valence-corrected chi connectivity index (χ1v) is 7.85. The van der Waals surface area contributed by atoms with Gasteiger partial charge in [-0.15, -0.1) is 0 Å². The number of pyridine rings is 1. The Hall–Kier alpha value is -2.15. The van der Waals surface area contributed by atoms with Gasteiger partial charge in [0.1, 0.15) is 13.2 Å². The van der Waals surface area contributed by atoms with Gasteiger partial charge >= 0.3 is 0 Å². The minimum Gasteiger partial charge on any atom is -0.486 e. The molecule has 0 aliphatic carbocycles. The summed E-state index contributed by atoms with van der Waals surface area (Å²) in [5.74, 6) is 0.249. The SMILES string of the molecule is CC(NC(=O)c1ccnc(F)c1)c1cc2c(cc1Br)OCCO2. The second-order valence-corrected chi connectivity index (χ2v) is 5.93. The predicted octanol–water partition coefficient (Wildman–Crippen LogP) is 3.25. The first kappa shape index (κ1) is 15.7. The third-order valence-electron chi connectivity index (χ3n) is 3.46. The maximum absolute atomic E-state index is 13.1. The van der Waals surface area contributed by atoms with Crippen LogP contribution in [0.15, 0.2) is 34.9 Å². The van der Waals surface area contributed by atoms with E-state index in [0.29, 0.717) is 24.7 Å². The van der Waals surface area contributed by atoms with E-state index in [4.69, 9.17) is 9.47 Å². The fourth-order valence-electron chi connectivity index (χ4n) is 2.31. The number of nitrogens with one attached hydrogen (secondary N) is 1. The average Bonchev–Trinajstić information content (AvgIpc) is 2.54. The first-order valence-electron chi connectivity index (χ1n) is 7.06. The molecule has 1 unspecified atom stereocenters. The Kier molecular flexibility index (Phi) is 4.47. The van der Waals surface area contributed by atoms with E-state index in [9.17, 15) is 9.18 Å². The van der Waals surface area contributed by atoms with Gasteiger partial charge in [0.25, 0.3) is 5.91 Å². The maximum Gasteiger partial charge on any atom is 0.251 e. The van der Waals surface area contributed by atoms with Crippen molar-refractivity contribution < 1.29 is 18.7 Å². The maximum atomic E-state index is 13.1. The number of amides is 1. The van der Waals surface area contributed by atoms with Crippen LogP contribution in [0.4, 0.5) is 4.39 Å². The average molecular weight is 381 g/mol. The van der Waals surface area contributed by atoms with Crippen molar-refractivity contribution in [2.24, 2.45) is 0 Å². The fraction of sp³-hybridized carbons (Fsp3) is 0.250. The van der Waals surface area contributed by atoms with Crippen LogP contribution in [-0.4, -0.2) is 24.1 Å². The van der Waals surface area contributed by atoms with Crippen molar-refractivity contribution in [2.75, 3.05) is 13.2 Å². The van der Waals surface area contributed by atoms with Crippen LogP contribution < -0.4 is 14.8 Å². The Morgan fingerprint density at radius 2 is 2.00 bits per heavy atom. The number of fused-ring (bicyclic) bond motifs is 1. The van der Waals surface area contributed by atoms with Crippen LogP contribution in [-0.2, 0) is 0 Å². The number of hydrogen-bond donors (Lipinski definition) is 1. The van der Waals surface area contributed by atoms with Crippen molar-refractivity contribution in [1.29, 1.82) is 0 Å². The molecule has 0 spiro atoms. The normalized spacial score (nSPS) is 14.2. The van der Waals surface area contributed by atoms with Gasteiger partial charge in [-0.1, -0.05) is 15.9 Å². The number of rotatable bonds is 3. The Bertz CT molecular complexity index is 754. The van der Waals surface area contributed by atoms with Crippen molar-refractivity contribution in [2.45, 2.75) is 13.0 Å². The number of ether oxygens (including phenoxy) is 2.